The highest BCUT2D eigenvalue weighted by molar-refractivity contribution is 5.94. The van der Waals surface area contributed by atoms with Crippen molar-refractivity contribution in [2.45, 2.75) is 25.8 Å². The number of carbonyl (C=O) groups excluding carboxylic acids is 1. The molecule has 154 valence electrons. The number of likely N-dealkylation sites (tertiary alicyclic amines) is 1. The molecular weight excluding hydrogens is 362 g/mol. The van der Waals surface area contributed by atoms with E-state index in [2.05, 4.69) is 26.8 Å². The van der Waals surface area contributed by atoms with Crippen molar-refractivity contribution in [2.75, 3.05) is 51.3 Å². The van der Waals surface area contributed by atoms with Crippen molar-refractivity contribution in [2.24, 2.45) is 0 Å². The molecule has 4 rings (SSSR count). The van der Waals surface area contributed by atoms with Crippen molar-refractivity contribution in [1.29, 1.82) is 0 Å². The lowest BCUT2D eigenvalue weighted by Gasteiger charge is -2.44. The van der Waals surface area contributed by atoms with Crippen LogP contribution in [0.3, 0.4) is 0 Å². The summed E-state index contributed by atoms with van der Waals surface area (Å²) in [4.78, 5) is 20.0. The van der Waals surface area contributed by atoms with Crippen LogP contribution in [-0.4, -0.2) is 68.1 Å². The van der Waals surface area contributed by atoms with E-state index in [1.165, 1.54) is 12.1 Å². The molecule has 29 heavy (non-hydrogen) atoms. The maximum Gasteiger partial charge on any atom is 0.253 e. The van der Waals surface area contributed by atoms with Gasteiger partial charge in [-0.3, -0.25) is 9.69 Å². The summed E-state index contributed by atoms with van der Waals surface area (Å²) in [7, 11) is 1.73. The Balaban J connectivity index is 1.37. The molecule has 2 aromatic rings. The number of rotatable bonds is 4. The van der Waals surface area contributed by atoms with Gasteiger partial charge in [-0.15, -0.1) is 0 Å². The maximum absolute atomic E-state index is 13.0. The number of anilines is 1. The third-order valence-corrected chi connectivity index (χ3v) is 6.21. The van der Waals surface area contributed by atoms with Crippen LogP contribution in [0.4, 0.5) is 5.69 Å². The Labute approximate surface area is 173 Å². The van der Waals surface area contributed by atoms with Crippen molar-refractivity contribution in [3.8, 4) is 5.75 Å². The largest absolute Gasteiger partial charge is 0.495 e. The predicted molar refractivity (Wildman–Crippen MR) is 117 cm³/mol. The summed E-state index contributed by atoms with van der Waals surface area (Å²) in [5, 5.41) is 0. The summed E-state index contributed by atoms with van der Waals surface area (Å²) >= 11 is 0. The topological polar surface area (TPSA) is 36.0 Å². The highest BCUT2D eigenvalue weighted by Crippen LogP contribution is 2.29. The Bertz CT molecular complexity index is 846. The fraction of sp³-hybridized carbons (Fsp3) is 0.458. The molecule has 5 heteroatoms. The van der Waals surface area contributed by atoms with Crippen molar-refractivity contribution in [1.82, 2.24) is 9.80 Å². The first-order valence-corrected chi connectivity index (χ1v) is 10.6. The molecule has 2 heterocycles. The number of piperidine rings is 1. The Hall–Kier alpha value is -2.53. The second-order valence-electron chi connectivity index (χ2n) is 8.11. The number of para-hydroxylation sites is 2. The van der Waals surface area contributed by atoms with Crippen LogP contribution in [0, 0.1) is 6.92 Å². The normalized spacial score (nSPS) is 20.6. The summed E-state index contributed by atoms with van der Waals surface area (Å²) in [6.45, 7) is 7.76. The lowest BCUT2D eigenvalue weighted by molar-refractivity contribution is 0.0563. The molecule has 2 aromatic carbocycles. The Morgan fingerprint density at radius 2 is 1.79 bits per heavy atom. The Morgan fingerprint density at radius 1 is 1.00 bits per heavy atom. The van der Waals surface area contributed by atoms with E-state index in [0.29, 0.717) is 6.04 Å². The van der Waals surface area contributed by atoms with Crippen molar-refractivity contribution < 1.29 is 9.53 Å². The van der Waals surface area contributed by atoms with Crippen molar-refractivity contribution in [3.63, 3.8) is 0 Å². The number of benzene rings is 2. The quantitative estimate of drug-likeness (QED) is 0.797. The maximum atomic E-state index is 13.0. The molecule has 5 nitrogen and oxygen atoms in total. The number of amides is 1. The number of piperazine rings is 1. The lowest BCUT2D eigenvalue weighted by atomic mass is 10.0. The van der Waals surface area contributed by atoms with Crippen LogP contribution in [0.1, 0.15) is 28.8 Å². The monoisotopic (exact) mass is 393 g/mol. The van der Waals surface area contributed by atoms with Gasteiger partial charge in [0.05, 0.1) is 12.8 Å². The minimum atomic E-state index is 0.172. The van der Waals surface area contributed by atoms with Crippen LogP contribution in [0.5, 0.6) is 5.75 Å². The van der Waals surface area contributed by atoms with Crippen LogP contribution in [0.25, 0.3) is 0 Å². The van der Waals surface area contributed by atoms with Gasteiger partial charge in [0.2, 0.25) is 0 Å². The Kier molecular flexibility index (Phi) is 6.05. The molecule has 1 amide bonds. The third kappa shape index (κ3) is 4.40. The third-order valence-electron chi connectivity index (χ3n) is 6.21. The summed E-state index contributed by atoms with van der Waals surface area (Å²) in [5.74, 6) is 1.11. The zero-order valence-corrected chi connectivity index (χ0v) is 17.5. The number of aryl methyl sites for hydroxylation is 1. The summed E-state index contributed by atoms with van der Waals surface area (Å²) in [6.07, 6.45) is 2.25. The van der Waals surface area contributed by atoms with Gasteiger partial charge < -0.3 is 14.5 Å². The van der Waals surface area contributed by atoms with Gasteiger partial charge in [-0.25, -0.2) is 0 Å². The molecule has 0 aromatic heterocycles. The number of hydrogen-bond donors (Lipinski definition) is 0. The first kappa shape index (κ1) is 19.8. The Morgan fingerprint density at radius 3 is 2.55 bits per heavy atom. The number of nitrogens with zero attached hydrogens (tertiary/aromatic N) is 3. The van der Waals surface area contributed by atoms with Gasteiger partial charge in [0.25, 0.3) is 5.91 Å². The highest BCUT2D eigenvalue weighted by Gasteiger charge is 2.30. The predicted octanol–water partition coefficient (Wildman–Crippen LogP) is 3.43. The molecule has 2 aliphatic heterocycles. The van der Waals surface area contributed by atoms with E-state index in [-0.39, 0.29) is 5.91 Å². The molecule has 0 N–H and O–H groups in total. The average Bonchev–Trinajstić information content (AvgIpc) is 2.79. The van der Waals surface area contributed by atoms with Crippen molar-refractivity contribution in [3.05, 3.63) is 59.7 Å². The van der Waals surface area contributed by atoms with Gasteiger partial charge in [0.15, 0.2) is 0 Å². The van der Waals surface area contributed by atoms with E-state index in [9.17, 15) is 4.79 Å². The molecular formula is C24H31N3O2. The van der Waals surface area contributed by atoms with Crippen LogP contribution < -0.4 is 9.64 Å². The minimum absolute atomic E-state index is 0.172. The molecule has 2 fully saturated rings. The number of ether oxygens (including phenoxy) is 1. The van der Waals surface area contributed by atoms with Crippen LogP contribution in [0.2, 0.25) is 0 Å². The average molecular weight is 394 g/mol. The van der Waals surface area contributed by atoms with E-state index in [1.54, 1.807) is 7.11 Å². The molecule has 2 saturated heterocycles. The van der Waals surface area contributed by atoms with Gasteiger partial charge in [-0.05, 0) is 44.0 Å². The highest BCUT2D eigenvalue weighted by atomic mass is 16.5. The summed E-state index contributed by atoms with van der Waals surface area (Å²) in [6, 6.07) is 16.6. The number of hydrogen-bond acceptors (Lipinski definition) is 4. The minimum Gasteiger partial charge on any atom is -0.495 e. The molecule has 0 spiro atoms. The lowest BCUT2D eigenvalue weighted by Crippen LogP contribution is -2.55. The van der Waals surface area contributed by atoms with Gasteiger partial charge >= 0.3 is 0 Å². The van der Waals surface area contributed by atoms with Crippen LogP contribution in [0.15, 0.2) is 48.5 Å². The summed E-state index contributed by atoms with van der Waals surface area (Å²) < 4.78 is 5.53. The van der Waals surface area contributed by atoms with E-state index in [0.717, 1.165) is 62.6 Å². The second kappa shape index (κ2) is 8.87. The molecule has 0 bridgehead atoms. The van der Waals surface area contributed by atoms with Gasteiger partial charge in [0, 0.05) is 50.9 Å². The van der Waals surface area contributed by atoms with E-state index < -0.39 is 0 Å². The molecule has 0 radical (unpaired) electrons. The number of methoxy groups -OCH3 is 1. The molecule has 0 unspecified atom stereocenters. The number of carbonyl (C=O) groups is 1. The van der Waals surface area contributed by atoms with Crippen LogP contribution >= 0.6 is 0 Å². The van der Waals surface area contributed by atoms with Gasteiger partial charge in [-0.2, -0.15) is 0 Å². The smallest absolute Gasteiger partial charge is 0.253 e. The standard InChI is InChI=1S/C24H31N3O2/c1-19-7-5-8-20(17-19)24(28)27-12-6-9-21(18-27)25-13-15-26(16-14-25)22-10-3-4-11-23(22)29-2/h3-5,7-8,10-11,17,21H,6,9,12-16,18H2,1-2H3/t21-/m0/s1. The first-order valence-electron chi connectivity index (χ1n) is 10.6. The van der Waals surface area contributed by atoms with E-state index >= 15 is 0 Å². The fourth-order valence-electron chi connectivity index (χ4n) is 4.62. The van der Waals surface area contributed by atoms with E-state index in [1.807, 2.05) is 43.3 Å². The molecule has 0 saturated carbocycles. The zero-order chi connectivity index (χ0) is 20.2. The van der Waals surface area contributed by atoms with E-state index in [4.69, 9.17) is 4.74 Å². The van der Waals surface area contributed by atoms with Gasteiger partial charge in [0.1, 0.15) is 5.75 Å². The fourth-order valence-corrected chi connectivity index (χ4v) is 4.62. The molecule has 1 atom stereocenters. The molecule has 0 aliphatic carbocycles. The SMILES string of the molecule is COc1ccccc1N1CCN([C@H]2CCCN(C(=O)c3cccc(C)c3)C2)CC1. The zero-order valence-electron chi connectivity index (χ0n) is 17.5. The first-order chi connectivity index (χ1) is 14.2. The van der Waals surface area contributed by atoms with Crippen molar-refractivity contribution >= 4 is 11.6 Å². The molecule has 2 aliphatic rings. The second-order valence-corrected chi connectivity index (χ2v) is 8.11. The summed E-state index contributed by atoms with van der Waals surface area (Å²) in [5.41, 5.74) is 3.12. The van der Waals surface area contributed by atoms with Gasteiger partial charge in [-0.1, -0.05) is 29.8 Å². The van der Waals surface area contributed by atoms with Crippen LogP contribution in [-0.2, 0) is 0 Å².